The van der Waals surface area contributed by atoms with E-state index in [9.17, 15) is 18.3 Å². The molecule has 1 fully saturated rings. The molecule has 0 spiro atoms. The van der Waals surface area contributed by atoms with Gasteiger partial charge in [-0.15, -0.1) is 0 Å². The number of carbonyl (C=O) groups excluding carboxylic acids is 1. The van der Waals surface area contributed by atoms with Crippen LogP contribution in [0.5, 0.6) is 0 Å². The van der Waals surface area contributed by atoms with Crippen LogP contribution in [0.25, 0.3) is 0 Å². The van der Waals surface area contributed by atoms with Gasteiger partial charge in [-0.2, -0.15) is 4.31 Å². The molecular weight excluding hydrogens is 410 g/mol. The molecule has 3 rings (SSSR count). The predicted molar refractivity (Wildman–Crippen MR) is 116 cm³/mol. The zero-order valence-corrected chi connectivity index (χ0v) is 18.6. The second kappa shape index (κ2) is 9.85. The Morgan fingerprint density at radius 1 is 1.07 bits per heavy atom. The summed E-state index contributed by atoms with van der Waals surface area (Å²) >= 11 is 5.90. The lowest BCUT2D eigenvalue weighted by molar-refractivity contribution is -0.127. The highest BCUT2D eigenvalue weighted by Crippen LogP contribution is 2.28. The maximum absolute atomic E-state index is 12.4. The molecule has 1 saturated heterocycles. The summed E-state index contributed by atoms with van der Waals surface area (Å²) in [6, 6.07) is 14.9. The summed E-state index contributed by atoms with van der Waals surface area (Å²) in [6.07, 6.45) is 0.673. The van der Waals surface area contributed by atoms with Crippen molar-refractivity contribution in [3.63, 3.8) is 0 Å². The van der Waals surface area contributed by atoms with E-state index in [4.69, 9.17) is 11.6 Å². The summed E-state index contributed by atoms with van der Waals surface area (Å²) in [4.78, 5) is 10.8. The van der Waals surface area contributed by atoms with Gasteiger partial charge in [-0.25, -0.2) is 8.42 Å². The van der Waals surface area contributed by atoms with Gasteiger partial charge in [0, 0.05) is 13.1 Å². The molecule has 0 radical (unpaired) electrons. The number of hydrogen-bond acceptors (Lipinski definition) is 4. The summed E-state index contributed by atoms with van der Waals surface area (Å²) in [7, 11) is -3.68. The van der Waals surface area contributed by atoms with E-state index in [1.165, 1.54) is 27.6 Å². The average Bonchev–Trinajstić information content (AvgIpc) is 2.69. The van der Waals surface area contributed by atoms with Crippen molar-refractivity contribution in [1.29, 1.82) is 0 Å². The highest BCUT2D eigenvalue weighted by Gasteiger charge is 2.37. The number of halogens is 1. The summed E-state index contributed by atoms with van der Waals surface area (Å²) in [6.45, 7) is 6.74. The number of piperidine rings is 1. The minimum atomic E-state index is -3.68. The van der Waals surface area contributed by atoms with Crippen molar-refractivity contribution in [2.24, 2.45) is 0 Å². The molecule has 0 saturated carbocycles. The number of rotatable bonds is 4. The second-order valence-corrected chi connectivity index (χ2v) is 9.93. The van der Waals surface area contributed by atoms with Gasteiger partial charge in [-0.1, -0.05) is 67.4 Å². The molecule has 0 aliphatic carbocycles. The summed E-state index contributed by atoms with van der Waals surface area (Å²) < 4.78 is 26.0. The van der Waals surface area contributed by atoms with E-state index in [2.05, 4.69) is 45.0 Å². The summed E-state index contributed by atoms with van der Waals surface area (Å²) in [5.74, 6) is 0.653. The van der Waals surface area contributed by atoms with E-state index in [1.54, 1.807) is 12.1 Å². The predicted octanol–water partition coefficient (Wildman–Crippen LogP) is 4.17. The lowest BCUT2D eigenvalue weighted by Crippen LogP contribution is -2.47. The van der Waals surface area contributed by atoms with Crippen molar-refractivity contribution in [3.8, 4) is 0 Å². The first kappa shape index (κ1) is 23.5. The number of sulfonamides is 1. The molecule has 1 aliphatic rings. The smallest absolute Gasteiger partial charge is 0.244 e. The molecule has 2 aromatic rings. The summed E-state index contributed by atoms with van der Waals surface area (Å²) in [5.41, 5.74) is 1.35. The Morgan fingerprint density at radius 2 is 1.62 bits per heavy atom. The Hall–Kier alpha value is -1.73. The van der Waals surface area contributed by atoms with Crippen molar-refractivity contribution in [2.75, 3.05) is 13.1 Å². The zero-order valence-electron chi connectivity index (χ0n) is 17.0. The van der Waals surface area contributed by atoms with Gasteiger partial charge in [0.05, 0.1) is 5.02 Å². The van der Waals surface area contributed by atoms with Gasteiger partial charge in [0.25, 0.3) is 0 Å². The standard InChI is InChI=1S/C12H14ClNO4S.C10H14/c13-10-3-1-2-4-11(10)19(17,18)14-7-5-12(16,9-15)6-8-14;1-8(2)10-6-4-9(3)5-7-10/h1-4,9,16H,5-8H2;4-8H,1-3H3. The van der Waals surface area contributed by atoms with Crippen LogP contribution in [0.1, 0.15) is 43.7 Å². The first-order valence-corrected chi connectivity index (χ1v) is 11.4. The number of aldehydes is 1. The molecule has 29 heavy (non-hydrogen) atoms. The molecule has 0 aromatic heterocycles. The Labute approximate surface area is 178 Å². The molecule has 0 unspecified atom stereocenters. The average molecular weight is 438 g/mol. The monoisotopic (exact) mass is 437 g/mol. The highest BCUT2D eigenvalue weighted by atomic mass is 35.5. The minimum absolute atomic E-state index is 0.0493. The number of aliphatic hydroxyl groups is 1. The third-order valence-electron chi connectivity index (χ3n) is 5.01. The van der Waals surface area contributed by atoms with Gasteiger partial charge < -0.3 is 9.90 Å². The molecule has 2 aromatic carbocycles. The van der Waals surface area contributed by atoms with Crippen LogP contribution in [0.3, 0.4) is 0 Å². The molecule has 5 nitrogen and oxygen atoms in total. The molecule has 1 heterocycles. The zero-order chi connectivity index (χ0) is 21.7. The molecule has 158 valence electrons. The molecular formula is C22H28ClNO4S. The van der Waals surface area contributed by atoms with Crippen LogP contribution in [0.15, 0.2) is 53.4 Å². The van der Waals surface area contributed by atoms with E-state index in [1.807, 2.05) is 0 Å². The van der Waals surface area contributed by atoms with Crippen molar-refractivity contribution < 1.29 is 18.3 Å². The first-order chi connectivity index (χ1) is 13.6. The minimum Gasteiger partial charge on any atom is -0.382 e. The number of hydrogen-bond donors (Lipinski definition) is 1. The molecule has 0 atom stereocenters. The highest BCUT2D eigenvalue weighted by molar-refractivity contribution is 7.89. The quantitative estimate of drug-likeness (QED) is 0.728. The third kappa shape index (κ3) is 6.12. The maximum Gasteiger partial charge on any atom is 0.244 e. The van der Waals surface area contributed by atoms with E-state index >= 15 is 0 Å². The van der Waals surface area contributed by atoms with Crippen LogP contribution in [-0.2, 0) is 14.8 Å². The van der Waals surface area contributed by atoms with Crippen LogP contribution < -0.4 is 0 Å². The Bertz CT molecular complexity index is 918. The molecule has 1 N–H and O–H groups in total. The second-order valence-electron chi connectivity index (χ2n) is 7.62. The van der Waals surface area contributed by atoms with Crippen LogP contribution in [0.2, 0.25) is 5.02 Å². The van der Waals surface area contributed by atoms with Crippen molar-refractivity contribution in [3.05, 3.63) is 64.7 Å². The van der Waals surface area contributed by atoms with E-state index < -0.39 is 15.6 Å². The Morgan fingerprint density at radius 3 is 2.10 bits per heavy atom. The maximum atomic E-state index is 12.4. The van der Waals surface area contributed by atoms with Crippen LogP contribution in [0.4, 0.5) is 0 Å². The molecule has 7 heteroatoms. The van der Waals surface area contributed by atoms with Gasteiger partial charge in [0.1, 0.15) is 10.5 Å². The number of benzene rings is 2. The fraction of sp³-hybridized carbons (Fsp3) is 0.409. The van der Waals surface area contributed by atoms with Crippen LogP contribution >= 0.6 is 11.6 Å². The number of aryl methyl sites for hydroxylation is 1. The third-order valence-corrected chi connectivity index (χ3v) is 7.40. The lowest BCUT2D eigenvalue weighted by Gasteiger charge is -2.34. The van der Waals surface area contributed by atoms with Crippen molar-refractivity contribution in [2.45, 2.75) is 50.0 Å². The number of nitrogens with zero attached hydrogens (tertiary/aromatic N) is 1. The van der Waals surface area contributed by atoms with E-state index in [0.29, 0.717) is 12.2 Å². The normalized spacial score (nSPS) is 16.8. The van der Waals surface area contributed by atoms with Crippen LogP contribution in [0, 0.1) is 6.92 Å². The van der Waals surface area contributed by atoms with Gasteiger partial charge >= 0.3 is 0 Å². The van der Waals surface area contributed by atoms with Crippen LogP contribution in [-0.4, -0.2) is 42.8 Å². The van der Waals surface area contributed by atoms with E-state index in [-0.39, 0.29) is 35.8 Å². The molecule has 1 aliphatic heterocycles. The van der Waals surface area contributed by atoms with Gasteiger partial charge in [0.2, 0.25) is 10.0 Å². The fourth-order valence-electron chi connectivity index (χ4n) is 2.98. The number of carbonyl (C=O) groups is 1. The Balaban J connectivity index is 0.000000253. The van der Waals surface area contributed by atoms with Gasteiger partial charge in [-0.05, 0) is 43.4 Å². The fourth-order valence-corrected chi connectivity index (χ4v) is 4.91. The molecule has 0 amide bonds. The topological polar surface area (TPSA) is 74.7 Å². The summed E-state index contributed by atoms with van der Waals surface area (Å²) in [5, 5.41) is 9.94. The largest absolute Gasteiger partial charge is 0.382 e. The van der Waals surface area contributed by atoms with Gasteiger partial charge in [0.15, 0.2) is 6.29 Å². The first-order valence-electron chi connectivity index (χ1n) is 9.59. The van der Waals surface area contributed by atoms with E-state index in [0.717, 1.165) is 0 Å². The molecule has 0 bridgehead atoms. The van der Waals surface area contributed by atoms with Crippen molar-refractivity contribution in [1.82, 2.24) is 4.31 Å². The Kier molecular flexibility index (Phi) is 8.00. The van der Waals surface area contributed by atoms with Crippen molar-refractivity contribution >= 4 is 27.9 Å². The SMILES string of the molecule is Cc1ccc(C(C)C)cc1.O=CC1(O)CCN(S(=O)(=O)c2ccccc2Cl)CC1. The lowest BCUT2D eigenvalue weighted by atomic mass is 9.94. The van der Waals surface area contributed by atoms with Gasteiger partial charge in [-0.3, -0.25) is 0 Å².